The fourth-order valence-corrected chi connectivity index (χ4v) is 2.60. The molecular formula is C9H7Br2ClO. The second kappa shape index (κ2) is 4.58. The van der Waals surface area contributed by atoms with E-state index in [9.17, 15) is 4.79 Å². The Morgan fingerprint density at radius 3 is 2.62 bits per heavy atom. The smallest absolute Gasteiger partial charge is 0.176 e. The first-order chi connectivity index (χ1) is 6.06. The summed E-state index contributed by atoms with van der Waals surface area (Å²) < 4.78 is 0.752. The van der Waals surface area contributed by atoms with Gasteiger partial charge in [0, 0.05) is 4.47 Å². The van der Waals surface area contributed by atoms with E-state index in [2.05, 4.69) is 31.9 Å². The van der Waals surface area contributed by atoms with Gasteiger partial charge in [-0.15, -0.1) is 0 Å². The summed E-state index contributed by atoms with van der Waals surface area (Å²) in [6, 6.07) is 3.66. The molecule has 0 radical (unpaired) electrons. The highest BCUT2D eigenvalue weighted by Gasteiger charge is 2.13. The molecular weight excluding hydrogens is 319 g/mol. The van der Waals surface area contributed by atoms with Crippen LogP contribution in [0.4, 0.5) is 0 Å². The molecule has 0 aliphatic rings. The lowest BCUT2D eigenvalue weighted by Crippen LogP contribution is -2.02. The van der Waals surface area contributed by atoms with Gasteiger partial charge in [0.25, 0.3) is 0 Å². The first kappa shape index (κ1) is 11.2. The molecule has 70 valence electrons. The number of hydrogen-bond donors (Lipinski definition) is 0. The van der Waals surface area contributed by atoms with Crippen LogP contribution in [0.2, 0.25) is 5.02 Å². The van der Waals surface area contributed by atoms with Gasteiger partial charge in [0.1, 0.15) is 0 Å². The van der Waals surface area contributed by atoms with Gasteiger partial charge in [0.2, 0.25) is 0 Å². The van der Waals surface area contributed by atoms with Crippen molar-refractivity contribution in [1.82, 2.24) is 0 Å². The molecule has 0 spiro atoms. The number of carbonyl (C=O) groups excluding carboxylic acids is 1. The van der Waals surface area contributed by atoms with Crippen LogP contribution in [0.15, 0.2) is 16.6 Å². The van der Waals surface area contributed by atoms with Crippen LogP contribution in [0.3, 0.4) is 0 Å². The molecule has 0 heterocycles. The Kier molecular flexibility index (Phi) is 3.95. The molecule has 0 saturated heterocycles. The molecule has 0 N–H and O–H groups in total. The van der Waals surface area contributed by atoms with Crippen molar-refractivity contribution in [3.05, 3.63) is 32.8 Å². The number of hydrogen-bond acceptors (Lipinski definition) is 1. The Bertz CT molecular complexity index is 326. The van der Waals surface area contributed by atoms with Crippen molar-refractivity contribution in [2.24, 2.45) is 0 Å². The summed E-state index contributed by atoms with van der Waals surface area (Å²) in [4.78, 5) is 11.4. The number of Topliss-reactive ketones (excluding diaryl/α,β-unsaturated/α-hetero) is 1. The lowest BCUT2D eigenvalue weighted by atomic mass is 10.1. The molecule has 0 saturated carbocycles. The van der Waals surface area contributed by atoms with Gasteiger partial charge < -0.3 is 0 Å². The van der Waals surface area contributed by atoms with Gasteiger partial charge in [-0.25, -0.2) is 0 Å². The van der Waals surface area contributed by atoms with Crippen molar-refractivity contribution in [2.45, 2.75) is 6.92 Å². The zero-order chi connectivity index (χ0) is 10.0. The van der Waals surface area contributed by atoms with Crippen molar-refractivity contribution in [2.75, 3.05) is 5.33 Å². The van der Waals surface area contributed by atoms with E-state index < -0.39 is 0 Å². The summed E-state index contributed by atoms with van der Waals surface area (Å²) in [5, 5.41) is 0.783. The molecule has 0 atom stereocenters. The van der Waals surface area contributed by atoms with Crippen molar-refractivity contribution < 1.29 is 4.79 Å². The van der Waals surface area contributed by atoms with Crippen LogP contribution in [0, 0.1) is 6.92 Å². The van der Waals surface area contributed by atoms with E-state index >= 15 is 0 Å². The van der Waals surface area contributed by atoms with Crippen LogP contribution in [0.25, 0.3) is 0 Å². The largest absolute Gasteiger partial charge is 0.293 e. The fourth-order valence-electron chi connectivity index (χ4n) is 1.03. The van der Waals surface area contributed by atoms with E-state index in [4.69, 9.17) is 11.6 Å². The monoisotopic (exact) mass is 324 g/mol. The minimum atomic E-state index is -0.0168. The average molecular weight is 326 g/mol. The molecule has 1 nitrogen and oxygen atoms in total. The van der Waals surface area contributed by atoms with Crippen LogP contribution in [-0.2, 0) is 0 Å². The molecule has 1 aromatic carbocycles. The zero-order valence-corrected chi connectivity index (χ0v) is 10.8. The predicted octanol–water partition coefficient (Wildman–Crippen LogP) is 3.99. The molecule has 0 amide bonds. The number of alkyl halides is 1. The van der Waals surface area contributed by atoms with Gasteiger partial charge >= 0.3 is 0 Å². The fraction of sp³-hybridized carbons (Fsp3) is 0.222. The normalized spacial score (nSPS) is 10.2. The SMILES string of the molecule is Cc1cc(Cl)c(C(=O)CBr)c(Br)c1. The van der Waals surface area contributed by atoms with E-state index in [0.717, 1.165) is 10.0 Å². The molecule has 4 heteroatoms. The van der Waals surface area contributed by atoms with Crippen molar-refractivity contribution in [3.8, 4) is 0 Å². The number of rotatable bonds is 2. The third-order valence-electron chi connectivity index (χ3n) is 1.59. The first-order valence-corrected chi connectivity index (χ1v) is 5.90. The summed E-state index contributed by atoms with van der Waals surface area (Å²) in [6.07, 6.45) is 0. The molecule has 0 aromatic heterocycles. The molecule has 0 fully saturated rings. The predicted molar refractivity (Wildman–Crippen MR) is 62.0 cm³/mol. The Morgan fingerprint density at radius 1 is 1.54 bits per heavy atom. The number of aryl methyl sites for hydroxylation is 1. The highest BCUT2D eigenvalue weighted by molar-refractivity contribution is 9.10. The molecule has 0 bridgehead atoms. The maximum absolute atomic E-state index is 11.4. The van der Waals surface area contributed by atoms with Crippen LogP contribution in [0.1, 0.15) is 15.9 Å². The number of carbonyl (C=O) groups is 1. The number of halogens is 3. The van der Waals surface area contributed by atoms with Gasteiger partial charge in [0.05, 0.1) is 15.9 Å². The number of benzene rings is 1. The molecule has 1 aromatic rings. The lowest BCUT2D eigenvalue weighted by molar-refractivity contribution is 0.102. The van der Waals surface area contributed by atoms with E-state index in [1.807, 2.05) is 13.0 Å². The van der Waals surface area contributed by atoms with Crippen molar-refractivity contribution in [1.29, 1.82) is 0 Å². The summed E-state index contributed by atoms with van der Waals surface area (Å²) in [7, 11) is 0. The minimum Gasteiger partial charge on any atom is -0.293 e. The average Bonchev–Trinajstić information content (AvgIpc) is 2.02. The van der Waals surface area contributed by atoms with E-state index in [-0.39, 0.29) is 11.1 Å². The van der Waals surface area contributed by atoms with Gasteiger partial charge in [-0.1, -0.05) is 27.5 Å². The van der Waals surface area contributed by atoms with Crippen LogP contribution >= 0.6 is 43.5 Å². The molecule has 0 aliphatic heterocycles. The third kappa shape index (κ3) is 2.55. The van der Waals surface area contributed by atoms with E-state index in [1.165, 1.54) is 0 Å². The highest BCUT2D eigenvalue weighted by atomic mass is 79.9. The maximum atomic E-state index is 11.4. The lowest BCUT2D eigenvalue weighted by Gasteiger charge is -2.05. The maximum Gasteiger partial charge on any atom is 0.176 e. The Hall–Kier alpha value is 0.140. The standard InChI is InChI=1S/C9H7Br2ClO/c1-5-2-6(11)9(7(12)3-5)8(13)4-10/h2-3H,4H2,1H3. The highest BCUT2D eigenvalue weighted by Crippen LogP contribution is 2.27. The van der Waals surface area contributed by atoms with Crippen LogP contribution in [0.5, 0.6) is 0 Å². The van der Waals surface area contributed by atoms with Gasteiger partial charge in [0.15, 0.2) is 5.78 Å². The van der Waals surface area contributed by atoms with Crippen LogP contribution in [-0.4, -0.2) is 11.1 Å². The Labute approximate surface area is 98.7 Å². The van der Waals surface area contributed by atoms with Crippen molar-refractivity contribution in [3.63, 3.8) is 0 Å². The molecule has 0 aliphatic carbocycles. The summed E-state index contributed by atoms with van der Waals surface area (Å²) in [5.74, 6) is -0.0168. The van der Waals surface area contributed by atoms with E-state index in [0.29, 0.717) is 10.6 Å². The summed E-state index contributed by atoms with van der Waals surface area (Å²) in [6.45, 7) is 1.93. The van der Waals surface area contributed by atoms with Crippen LogP contribution < -0.4 is 0 Å². The second-order valence-corrected chi connectivity index (χ2v) is 4.48. The number of ketones is 1. The molecule has 13 heavy (non-hydrogen) atoms. The molecule has 1 rings (SSSR count). The van der Waals surface area contributed by atoms with Gasteiger partial charge in [-0.3, -0.25) is 4.79 Å². The summed E-state index contributed by atoms with van der Waals surface area (Å²) in [5.41, 5.74) is 1.58. The van der Waals surface area contributed by atoms with Gasteiger partial charge in [-0.05, 0) is 40.5 Å². The third-order valence-corrected chi connectivity index (χ3v) is 3.02. The Morgan fingerprint density at radius 2 is 2.15 bits per heavy atom. The summed E-state index contributed by atoms with van der Waals surface area (Å²) >= 11 is 12.4. The van der Waals surface area contributed by atoms with Crippen molar-refractivity contribution >= 4 is 49.2 Å². The zero-order valence-electron chi connectivity index (χ0n) is 6.90. The quantitative estimate of drug-likeness (QED) is 0.593. The topological polar surface area (TPSA) is 17.1 Å². The van der Waals surface area contributed by atoms with E-state index in [1.54, 1.807) is 6.07 Å². The Balaban J connectivity index is 3.28. The minimum absolute atomic E-state index is 0.0168. The first-order valence-electron chi connectivity index (χ1n) is 3.61. The van der Waals surface area contributed by atoms with Gasteiger partial charge in [-0.2, -0.15) is 0 Å². The molecule has 0 unspecified atom stereocenters. The second-order valence-electron chi connectivity index (χ2n) is 2.66.